The molecule has 0 N–H and O–H groups in total. The van der Waals surface area contributed by atoms with Gasteiger partial charge in [0.25, 0.3) is 5.09 Å². The molecule has 0 aromatic heterocycles. The fraction of sp³-hybridized carbons (Fsp3) is 0.875. The van der Waals surface area contributed by atoms with E-state index in [1.807, 2.05) is 0 Å². The van der Waals surface area contributed by atoms with Crippen LogP contribution in [0.3, 0.4) is 0 Å². The largest absolute Gasteiger partial charge is 0.310 e. The van der Waals surface area contributed by atoms with E-state index in [0.717, 1.165) is 25.5 Å². The number of aldehydes is 1. The van der Waals surface area contributed by atoms with E-state index in [1.54, 1.807) is 0 Å². The third kappa shape index (κ3) is 3.01. The summed E-state index contributed by atoms with van der Waals surface area (Å²) in [5, 5.41) is 9.36. The average Bonchev–Trinajstić information content (AvgIpc) is 2.08. The lowest BCUT2D eigenvalue weighted by atomic mass is 9.85. The van der Waals surface area contributed by atoms with E-state index in [4.69, 9.17) is 0 Å². The van der Waals surface area contributed by atoms with Crippen LogP contribution in [0.25, 0.3) is 0 Å². The first-order valence-electron chi connectivity index (χ1n) is 4.49. The standard InChI is InChI=1S/C8H13NO4/c10-6-5-7-3-1-2-4-8(7)13-9(11)12/h6-8H,1-5H2. The zero-order valence-corrected chi connectivity index (χ0v) is 7.35. The first kappa shape index (κ1) is 9.95. The van der Waals surface area contributed by atoms with Crippen molar-refractivity contribution in [2.75, 3.05) is 0 Å². The van der Waals surface area contributed by atoms with Gasteiger partial charge in [-0.1, -0.05) is 12.8 Å². The van der Waals surface area contributed by atoms with Crippen molar-refractivity contribution in [2.24, 2.45) is 5.92 Å². The Morgan fingerprint density at radius 2 is 2.15 bits per heavy atom. The summed E-state index contributed by atoms with van der Waals surface area (Å²) < 4.78 is 0. The van der Waals surface area contributed by atoms with Gasteiger partial charge in [0.1, 0.15) is 12.4 Å². The molecule has 2 atom stereocenters. The Morgan fingerprint density at radius 3 is 2.77 bits per heavy atom. The van der Waals surface area contributed by atoms with Crippen molar-refractivity contribution in [3.8, 4) is 0 Å². The number of carbonyl (C=O) groups is 1. The van der Waals surface area contributed by atoms with Gasteiger partial charge in [-0.15, -0.1) is 10.1 Å². The van der Waals surface area contributed by atoms with Gasteiger partial charge in [-0.2, -0.15) is 0 Å². The molecular formula is C8H13NO4. The topological polar surface area (TPSA) is 69.4 Å². The Morgan fingerprint density at radius 1 is 1.46 bits per heavy atom. The average molecular weight is 187 g/mol. The molecule has 13 heavy (non-hydrogen) atoms. The van der Waals surface area contributed by atoms with Gasteiger partial charge in [0, 0.05) is 6.42 Å². The summed E-state index contributed by atoms with van der Waals surface area (Å²) in [7, 11) is 0. The van der Waals surface area contributed by atoms with Crippen LogP contribution >= 0.6 is 0 Å². The molecule has 0 bridgehead atoms. The zero-order valence-electron chi connectivity index (χ0n) is 7.35. The highest BCUT2D eigenvalue weighted by atomic mass is 17.0. The van der Waals surface area contributed by atoms with Crippen molar-refractivity contribution in [1.29, 1.82) is 0 Å². The smallest absolute Gasteiger partial charge is 0.294 e. The monoisotopic (exact) mass is 187 g/mol. The number of hydrogen-bond donors (Lipinski definition) is 0. The van der Waals surface area contributed by atoms with Gasteiger partial charge < -0.3 is 9.63 Å². The van der Waals surface area contributed by atoms with Crippen molar-refractivity contribution < 1.29 is 14.7 Å². The highest BCUT2D eigenvalue weighted by molar-refractivity contribution is 5.49. The SMILES string of the molecule is O=CCC1CCCCC1O[N+](=O)[O-]. The minimum atomic E-state index is -0.756. The Bertz CT molecular complexity index is 195. The van der Waals surface area contributed by atoms with E-state index < -0.39 is 5.09 Å². The summed E-state index contributed by atoms with van der Waals surface area (Å²) in [5.74, 6) is 0.0386. The van der Waals surface area contributed by atoms with E-state index in [-0.39, 0.29) is 12.0 Å². The molecule has 0 aromatic rings. The summed E-state index contributed by atoms with van der Waals surface area (Å²) in [4.78, 5) is 24.9. The second kappa shape index (κ2) is 4.79. The lowest BCUT2D eigenvalue weighted by Crippen LogP contribution is -2.30. The van der Waals surface area contributed by atoms with Gasteiger partial charge >= 0.3 is 0 Å². The second-order valence-corrected chi connectivity index (χ2v) is 3.31. The Labute approximate surface area is 76.2 Å². The number of hydrogen-bond acceptors (Lipinski definition) is 4. The quantitative estimate of drug-likeness (QED) is 0.378. The molecule has 0 spiro atoms. The predicted molar refractivity (Wildman–Crippen MR) is 44.5 cm³/mol. The molecule has 0 heterocycles. The van der Waals surface area contributed by atoms with E-state index >= 15 is 0 Å². The van der Waals surface area contributed by atoms with Crippen LogP contribution in [0, 0.1) is 16.0 Å². The highest BCUT2D eigenvalue weighted by Crippen LogP contribution is 2.28. The zero-order chi connectivity index (χ0) is 9.68. The summed E-state index contributed by atoms with van der Waals surface area (Å²) >= 11 is 0. The molecule has 0 aromatic carbocycles. The Kier molecular flexibility index (Phi) is 3.67. The molecule has 0 radical (unpaired) electrons. The van der Waals surface area contributed by atoms with Crippen LogP contribution in [-0.4, -0.2) is 17.5 Å². The third-order valence-electron chi connectivity index (χ3n) is 2.46. The van der Waals surface area contributed by atoms with Crippen LogP contribution in [0.1, 0.15) is 32.1 Å². The maximum absolute atomic E-state index is 10.3. The van der Waals surface area contributed by atoms with Gasteiger partial charge in [0.2, 0.25) is 0 Å². The van der Waals surface area contributed by atoms with E-state index in [2.05, 4.69) is 4.84 Å². The second-order valence-electron chi connectivity index (χ2n) is 3.31. The van der Waals surface area contributed by atoms with E-state index in [9.17, 15) is 14.9 Å². The number of rotatable bonds is 4. The van der Waals surface area contributed by atoms with Crippen molar-refractivity contribution >= 4 is 6.29 Å². The molecular weight excluding hydrogens is 174 g/mol. The lowest BCUT2D eigenvalue weighted by molar-refractivity contribution is -0.771. The maximum Gasteiger partial charge on any atom is 0.294 e. The van der Waals surface area contributed by atoms with Crippen LogP contribution in [0.15, 0.2) is 0 Å². The molecule has 0 amide bonds. The summed E-state index contributed by atoms with van der Waals surface area (Å²) in [6, 6.07) is 0. The third-order valence-corrected chi connectivity index (χ3v) is 2.46. The number of nitrogens with zero attached hydrogens (tertiary/aromatic N) is 1. The molecule has 1 fully saturated rings. The molecule has 2 unspecified atom stereocenters. The number of carbonyl (C=O) groups excluding carboxylic acids is 1. The van der Waals surface area contributed by atoms with Crippen LogP contribution in [-0.2, 0) is 9.63 Å². The molecule has 0 aliphatic heterocycles. The maximum atomic E-state index is 10.3. The van der Waals surface area contributed by atoms with Crippen molar-refractivity contribution in [1.82, 2.24) is 0 Å². The van der Waals surface area contributed by atoms with Crippen molar-refractivity contribution in [2.45, 2.75) is 38.2 Å². The van der Waals surface area contributed by atoms with E-state index in [0.29, 0.717) is 12.8 Å². The Hall–Kier alpha value is -1.13. The van der Waals surface area contributed by atoms with Crippen LogP contribution in [0.4, 0.5) is 0 Å². The van der Waals surface area contributed by atoms with E-state index in [1.165, 1.54) is 0 Å². The van der Waals surface area contributed by atoms with Crippen LogP contribution in [0.2, 0.25) is 0 Å². The highest BCUT2D eigenvalue weighted by Gasteiger charge is 2.27. The fourth-order valence-electron chi connectivity index (χ4n) is 1.82. The minimum absolute atomic E-state index is 0.0386. The van der Waals surface area contributed by atoms with Gasteiger partial charge in [-0.25, -0.2) is 0 Å². The molecule has 1 aliphatic carbocycles. The normalized spacial score (nSPS) is 28.0. The van der Waals surface area contributed by atoms with Crippen molar-refractivity contribution in [3.63, 3.8) is 0 Å². The summed E-state index contributed by atoms with van der Waals surface area (Å²) in [5.41, 5.74) is 0. The van der Waals surface area contributed by atoms with Crippen molar-refractivity contribution in [3.05, 3.63) is 10.1 Å². The summed E-state index contributed by atoms with van der Waals surface area (Å²) in [6.45, 7) is 0. The molecule has 5 nitrogen and oxygen atoms in total. The molecule has 1 aliphatic rings. The molecule has 1 rings (SSSR count). The van der Waals surface area contributed by atoms with Gasteiger partial charge in [0.15, 0.2) is 0 Å². The van der Waals surface area contributed by atoms with Crippen LogP contribution < -0.4 is 0 Å². The molecule has 5 heteroatoms. The Balaban J connectivity index is 2.45. The van der Waals surface area contributed by atoms with Gasteiger partial charge in [-0.3, -0.25) is 0 Å². The molecule has 1 saturated carbocycles. The molecule has 0 saturated heterocycles. The minimum Gasteiger partial charge on any atom is -0.310 e. The first-order chi connectivity index (χ1) is 6.24. The van der Waals surface area contributed by atoms with Gasteiger partial charge in [0.05, 0.1) is 0 Å². The predicted octanol–water partition coefficient (Wildman–Crippen LogP) is 1.34. The fourth-order valence-corrected chi connectivity index (χ4v) is 1.82. The summed E-state index contributed by atoms with van der Waals surface area (Å²) in [6.07, 6.45) is 4.36. The van der Waals surface area contributed by atoms with Crippen LogP contribution in [0.5, 0.6) is 0 Å². The molecule has 74 valence electrons. The van der Waals surface area contributed by atoms with Gasteiger partial charge in [-0.05, 0) is 18.8 Å². The lowest BCUT2D eigenvalue weighted by Gasteiger charge is -2.27. The first-order valence-corrected chi connectivity index (χ1v) is 4.49.